The number of piperidine rings is 1. The molecule has 4 rings (SSSR count). The van der Waals surface area contributed by atoms with Gasteiger partial charge in [-0.25, -0.2) is 4.98 Å². The van der Waals surface area contributed by atoms with Crippen LogP contribution in [0, 0.1) is 19.8 Å². The van der Waals surface area contributed by atoms with Gasteiger partial charge < -0.3 is 9.47 Å². The van der Waals surface area contributed by atoms with Crippen molar-refractivity contribution in [2.45, 2.75) is 39.7 Å². The normalized spacial score (nSPS) is 15.1. The molecule has 1 aliphatic rings. The SMILES string of the molecule is Cc1ccc(C(=O)N2CCC(CCn3c(C)cnc3-c3ccccc3)CC2)s1. The predicted octanol–water partition coefficient (Wildman–Crippen LogP) is 5.17. The zero-order valence-electron chi connectivity index (χ0n) is 16.6. The highest BCUT2D eigenvalue weighted by Crippen LogP contribution is 2.26. The van der Waals surface area contributed by atoms with Crippen molar-refractivity contribution in [3.05, 3.63) is 64.1 Å². The van der Waals surface area contributed by atoms with E-state index in [1.54, 1.807) is 11.3 Å². The summed E-state index contributed by atoms with van der Waals surface area (Å²) >= 11 is 1.60. The van der Waals surface area contributed by atoms with E-state index >= 15 is 0 Å². The van der Waals surface area contributed by atoms with Gasteiger partial charge in [0, 0.05) is 42.0 Å². The third-order valence-corrected chi connectivity index (χ3v) is 6.69. The molecule has 0 spiro atoms. The number of amides is 1. The van der Waals surface area contributed by atoms with Gasteiger partial charge in [0.05, 0.1) is 4.88 Å². The fourth-order valence-corrected chi connectivity index (χ4v) is 4.84. The molecular weight excluding hydrogens is 366 g/mol. The van der Waals surface area contributed by atoms with Gasteiger partial charge in [-0.1, -0.05) is 30.3 Å². The average molecular weight is 394 g/mol. The van der Waals surface area contributed by atoms with Gasteiger partial charge in [-0.2, -0.15) is 0 Å². The standard InChI is InChI=1S/C23H27N3OS/c1-17-16-24-22(20-6-4-3-5-7-20)26(17)15-12-19-10-13-25(14-11-19)23(27)21-9-8-18(2)28-21/h3-9,16,19H,10-15H2,1-2H3. The van der Waals surface area contributed by atoms with Gasteiger partial charge in [0.15, 0.2) is 0 Å². The summed E-state index contributed by atoms with van der Waals surface area (Å²) in [5.41, 5.74) is 2.38. The molecule has 3 aromatic rings. The zero-order chi connectivity index (χ0) is 19.5. The Labute approximate surface area is 170 Å². The maximum Gasteiger partial charge on any atom is 0.263 e. The fourth-order valence-electron chi connectivity index (χ4n) is 4.00. The van der Waals surface area contributed by atoms with E-state index in [-0.39, 0.29) is 5.91 Å². The Morgan fingerprint density at radius 3 is 2.54 bits per heavy atom. The molecule has 146 valence electrons. The number of benzene rings is 1. The Balaban J connectivity index is 1.34. The molecule has 1 amide bonds. The molecule has 0 unspecified atom stereocenters. The van der Waals surface area contributed by atoms with Crippen molar-refractivity contribution >= 4 is 17.2 Å². The highest BCUT2D eigenvalue weighted by Gasteiger charge is 2.24. The van der Waals surface area contributed by atoms with E-state index in [0.29, 0.717) is 5.92 Å². The van der Waals surface area contributed by atoms with Crippen LogP contribution in [0.4, 0.5) is 0 Å². The summed E-state index contributed by atoms with van der Waals surface area (Å²) in [4.78, 5) is 21.4. The second-order valence-corrected chi connectivity index (χ2v) is 8.96. The third kappa shape index (κ3) is 4.04. The van der Waals surface area contributed by atoms with E-state index in [1.165, 1.54) is 16.1 Å². The Kier molecular flexibility index (Phi) is 5.62. The topological polar surface area (TPSA) is 38.1 Å². The van der Waals surface area contributed by atoms with Crippen molar-refractivity contribution in [1.29, 1.82) is 0 Å². The van der Waals surface area contributed by atoms with Crippen molar-refractivity contribution in [2.75, 3.05) is 13.1 Å². The lowest BCUT2D eigenvalue weighted by Gasteiger charge is -2.32. The Morgan fingerprint density at radius 2 is 1.86 bits per heavy atom. The van der Waals surface area contributed by atoms with Crippen molar-refractivity contribution in [2.24, 2.45) is 5.92 Å². The molecule has 1 saturated heterocycles. The van der Waals surface area contributed by atoms with E-state index < -0.39 is 0 Å². The minimum atomic E-state index is 0.202. The van der Waals surface area contributed by atoms with Crippen LogP contribution >= 0.6 is 11.3 Å². The Hall–Kier alpha value is -2.40. The van der Waals surface area contributed by atoms with Crippen molar-refractivity contribution in [3.63, 3.8) is 0 Å². The summed E-state index contributed by atoms with van der Waals surface area (Å²) in [6.07, 6.45) is 5.28. The number of thiophene rings is 1. The number of hydrogen-bond donors (Lipinski definition) is 0. The minimum absolute atomic E-state index is 0.202. The van der Waals surface area contributed by atoms with E-state index in [0.717, 1.165) is 49.6 Å². The minimum Gasteiger partial charge on any atom is -0.338 e. The molecule has 0 atom stereocenters. The predicted molar refractivity (Wildman–Crippen MR) is 115 cm³/mol. The van der Waals surface area contributed by atoms with Crippen molar-refractivity contribution < 1.29 is 4.79 Å². The number of aromatic nitrogens is 2. The van der Waals surface area contributed by atoms with Gasteiger partial charge in [0.25, 0.3) is 5.91 Å². The van der Waals surface area contributed by atoms with Gasteiger partial charge in [-0.05, 0) is 51.2 Å². The molecule has 1 aromatic carbocycles. The quantitative estimate of drug-likeness (QED) is 0.600. The number of rotatable bonds is 5. The highest BCUT2D eigenvalue weighted by molar-refractivity contribution is 7.13. The summed E-state index contributed by atoms with van der Waals surface area (Å²) in [6.45, 7) is 6.90. The van der Waals surface area contributed by atoms with Crippen LogP contribution in [0.1, 0.15) is 39.5 Å². The monoisotopic (exact) mass is 393 g/mol. The molecule has 0 N–H and O–H groups in total. The first-order valence-electron chi connectivity index (χ1n) is 10.0. The third-order valence-electron chi connectivity index (χ3n) is 5.70. The van der Waals surface area contributed by atoms with Gasteiger partial charge in [-0.15, -0.1) is 11.3 Å². The summed E-state index contributed by atoms with van der Waals surface area (Å²) in [7, 11) is 0. The molecular formula is C23H27N3OS. The van der Waals surface area contributed by atoms with E-state index in [9.17, 15) is 4.79 Å². The molecule has 0 aliphatic carbocycles. The number of hydrogen-bond acceptors (Lipinski definition) is 3. The zero-order valence-corrected chi connectivity index (χ0v) is 17.4. The maximum atomic E-state index is 12.6. The molecule has 2 aromatic heterocycles. The molecule has 3 heterocycles. The Morgan fingerprint density at radius 1 is 1.11 bits per heavy atom. The molecule has 0 saturated carbocycles. The van der Waals surface area contributed by atoms with Crippen LogP contribution in [0.15, 0.2) is 48.7 Å². The maximum absolute atomic E-state index is 12.6. The molecule has 28 heavy (non-hydrogen) atoms. The molecule has 0 radical (unpaired) electrons. The Bertz CT molecular complexity index is 936. The van der Waals surface area contributed by atoms with E-state index in [1.807, 2.05) is 29.3 Å². The van der Waals surface area contributed by atoms with Gasteiger partial charge in [-0.3, -0.25) is 4.79 Å². The number of carbonyl (C=O) groups is 1. The lowest BCUT2D eigenvalue weighted by atomic mass is 9.93. The highest BCUT2D eigenvalue weighted by atomic mass is 32.1. The first kappa shape index (κ1) is 18.9. The summed E-state index contributed by atoms with van der Waals surface area (Å²) in [6, 6.07) is 14.4. The molecule has 0 bridgehead atoms. The fraction of sp³-hybridized carbons (Fsp3) is 0.391. The largest absolute Gasteiger partial charge is 0.338 e. The van der Waals surface area contributed by atoms with Crippen LogP contribution in [0.25, 0.3) is 11.4 Å². The van der Waals surface area contributed by atoms with E-state index in [4.69, 9.17) is 0 Å². The van der Waals surface area contributed by atoms with Gasteiger partial charge >= 0.3 is 0 Å². The number of imidazole rings is 1. The molecule has 4 nitrogen and oxygen atoms in total. The van der Waals surface area contributed by atoms with Crippen molar-refractivity contribution in [3.8, 4) is 11.4 Å². The lowest BCUT2D eigenvalue weighted by molar-refractivity contribution is 0.0690. The first-order chi connectivity index (χ1) is 13.6. The van der Waals surface area contributed by atoms with Crippen LogP contribution in [0.2, 0.25) is 0 Å². The van der Waals surface area contributed by atoms with Crippen LogP contribution in [-0.2, 0) is 6.54 Å². The van der Waals surface area contributed by atoms with Gasteiger partial charge in [0.1, 0.15) is 5.82 Å². The number of aryl methyl sites for hydroxylation is 2. The van der Waals surface area contributed by atoms with Crippen LogP contribution in [0.3, 0.4) is 0 Å². The van der Waals surface area contributed by atoms with Crippen LogP contribution < -0.4 is 0 Å². The summed E-state index contributed by atoms with van der Waals surface area (Å²) in [5, 5.41) is 0. The number of nitrogens with zero attached hydrogens (tertiary/aromatic N) is 3. The number of likely N-dealkylation sites (tertiary alicyclic amines) is 1. The second kappa shape index (κ2) is 8.31. The van der Waals surface area contributed by atoms with Crippen LogP contribution in [0.5, 0.6) is 0 Å². The smallest absolute Gasteiger partial charge is 0.263 e. The van der Waals surface area contributed by atoms with Crippen molar-refractivity contribution in [1.82, 2.24) is 14.5 Å². The van der Waals surface area contributed by atoms with Crippen LogP contribution in [-0.4, -0.2) is 33.4 Å². The molecule has 1 aliphatic heterocycles. The number of carbonyl (C=O) groups excluding carboxylic acids is 1. The lowest BCUT2D eigenvalue weighted by Crippen LogP contribution is -2.38. The molecule has 5 heteroatoms. The average Bonchev–Trinajstić information content (AvgIpc) is 3.32. The summed E-state index contributed by atoms with van der Waals surface area (Å²) in [5.74, 6) is 1.92. The second-order valence-electron chi connectivity index (χ2n) is 7.68. The summed E-state index contributed by atoms with van der Waals surface area (Å²) < 4.78 is 2.33. The van der Waals surface area contributed by atoms with E-state index in [2.05, 4.69) is 47.7 Å². The molecule has 1 fully saturated rings. The first-order valence-corrected chi connectivity index (χ1v) is 10.9. The van der Waals surface area contributed by atoms with Gasteiger partial charge in [0.2, 0.25) is 0 Å².